The van der Waals surface area contributed by atoms with Crippen LogP contribution in [0, 0.1) is 0 Å². The van der Waals surface area contributed by atoms with Crippen molar-refractivity contribution in [1.82, 2.24) is 0 Å². The third-order valence-corrected chi connectivity index (χ3v) is 2.44. The highest BCUT2D eigenvalue weighted by atomic mass is 16.5. The molecular weight excluding hydrogens is 234 g/mol. The lowest BCUT2D eigenvalue weighted by atomic mass is 9.94. The zero-order chi connectivity index (χ0) is 13.9. The van der Waals surface area contributed by atoms with Crippen LogP contribution in [-0.4, -0.2) is 30.8 Å². The van der Waals surface area contributed by atoms with Crippen molar-refractivity contribution >= 4 is 5.97 Å². The second kappa shape index (κ2) is 5.27. The van der Waals surface area contributed by atoms with E-state index < -0.39 is 11.5 Å². The molecule has 1 aromatic carbocycles. The molecule has 0 heterocycles. The monoisotopic (exact) mass is 253 g/mol. The Bertz CT molecular complexity index is 449. The molecular formula is C13H19NO4. The average Bonchev–Trinajstić information content (AvgIpc) is 2.29. The molecule has 100 valence electrons. The maximum atomic E-state index is 11.5. The molecule has 5 nitrogen and oxygen atoms in total. The Morgan fingerprint density at radius 2 is 2.00 bits per heavy atom. The number of phenolic OH excluding ortho intramolecular Hbond substituents is 1. The minimum absolute atomic E-state index is 0.00341. The van der Waals surface area contributed by atoms with E-state index in [-0.39, 0.29) is 11.5 Å². The minimum Gasteiger partial charge on any atom is -0.504 e. The fourth-order valence-corrected chi connectivity index (χ4v) is 1.68. The number of ether oxygens (including phenoxy) is 2. The molecule has 0 aliphatic carbocycles. The summed E-state index contributed by atoms with van der Waals surface area (Å²) >= 11 is 0. The van der Waals surface area contributed by atoms with Gasteiger partial charge < -0.3 is 20.3 Å². The summed E-state index contributed by atoms with van der Waals surface area (Å²) in [5, 5.41) is 10.00. The molecule has 0 aromatic heterocycles. The molecule has 0 atom stereocenters. The van der Waals surface area contributed by atoms with Crippen molar-refractivity contribution < 1.29 is 19.4 Å². The maximum absolute atomic E-state index is 11.5. The number of hydrogen-bond acceptors (Lipinski definition) is 5. The molecule has 0 spiro atoms. The van der Waals surface area contributed by atoms with Gasteiger partial charge in [0.25, 0.3) is 0 Å². The van der Waals surface area contributed by atoms with Gasteiger partial charge >= 0.3 is 5.97 Å². The number of esters is 1. The first-order valence-electron chi connectivity index (χ1n) is 5.55. The molecule has 1 aromatic rings. The first-order valence-corrected chi connectivity index (χ1v) is 5.55. The van der Waals surface area contributed by atoms with Crippen molar-refractivity contribution in [3.8, 4) is 11.5 Å². The van der Waals surface area contributed by atoms with Crippen LogP contribution in [-0.2, 0) is 11.2 Å². The minimum atomic E-state index is -0.503. The Morgan fingerprint density at radius 1 is 1.39 bits per heavy atom. The number of aromatic hydroxyl groups is 1. The number of hydrogen-bond donors (Lipinski definition) is 2. The average molecular weight is 253 g/mol. The van der Waals surface area contributed by atoms with Crippen LogP contribution in [0.25, 0.3) is 0 Å². The van der Waals surface area contributed by atoms with Crippen molar-refractivity contribution in [2.24, 2.45) is 5.73 Å². The van der Waals surface area contributed by atoms with Crippen LogP contribution in [0.3, 0.4) is 0 Å². The van der Waals surface area contributed by atoms with Gasteiger partial charge in [0.2, 0.25) is 0 Å². The molecule has 0 fully saturated rings. The SMILES string of the molecule is COC(=O)c1cc(CC(C)(C)N)c(O)c(OC)c1. The van der Waals surface area contributed by atoms with Crippen molar-refractivity contribution in [2.45, 2.75) is 25.8 Å². The van der Waals surface area contributed by atoms with Crippen LogP contribution in [0.1, 0.15) is 29.8 Å². The van der Waals surface area contributed by atoms with Crippen molar-refractivity contribution in [2.75, 3.05) is 14.2 Å². The van der Waals surface area contributed by atoms with Crippen LogP contribution in [0.5, 0.6) is 11.5 Å². The summed E-state index contributed by atoms with van der Waals surface area (Å²) in [5.41, 5.74) is 6.30. The molecule has 3 N–H and O–H groups in total. The highest BCUT2D eigenvalue weighted by molar-refractivity contribution is 5.90. The summed E-state index contributed by atoms with van der Waals surface area (Å²) in [7, 11) is 2.72. The standard InChI is InChI=1S/C13H19NO4/c1-13(2,14)7-9-5-8(12(16)18-4)6-10(17-3)11(9)15/h5-6,15H,7,14H2,1-4H3. The van der Waals surface area contributed by atoms with Crippen molar-refractivity contribution in [1.29, 1.82) is 0 Å². The molecule has 5 heteroatoms. The van der Waals surface area contributed by atoms with E-state index in [1.165, 1.54) is 20.3 Å². The van der Waals surface area contributed by atoms with Crippen LogP contribution < -0.4 is 10.5 Å². The lowest BCUT2D eigenvalue weighted by Gasteiger charge is -2.20. The first-order chi connectivity index (χ1) is 8.28. The summed E-state index contributed by atoms with van der Waals surface area (Å²) < 4.78 is 9.69. The van der Waals surface area contributed by atoms with E-state index in [0.29, 0.717) is 17.5 Å². The molecule has 0 radical (unpaired) electrons. The van der Waals surface area contributed by atoms with Gasteiger partial charge in [-0.1, -0.05) is 0 Å². The van der Waals surface area contributed by atoms with E-state index in [4.69, 9.17) is 10.5 Å². The first kappa shape index (κ1) is 14.3. The number of rotatable bonds is 4. The van der Waals surface area contributed by atoms with Gasteiger partial charge in [0.05, 0.1) is 19.8 Å². The Hall–Kier alpha value is -1.75. The van der Waals surface area contributed by atoms with Gasteiger partial charge in [-0.05, 0) is 32.4 Å². The van der Waals surface area contributed by atoms with Gasteiger partial charge in [0.1, 0.15) is 0 Å². The van der Waals surface area contributed by atoms with E-state index in [1.54, 1.807) is 6.07 Å². The summed E-state index contributed by atoms with van der Waals surface area (Å²) in [6, 6.07) is 3.01. The summed E-state index contributed by atoms with van der Waals surface area (Å²) in [5.74, 6) is -0.245. The van der Waals surface area contributed by atoms with Gasteiger partial charge in [0.15, 0.2) is 11.5 Å². The molecule has 0 aliphatic heterocycles. The van der Waals surface area contributed by atoms with Gasteiger partial charge in [-0.25, -0.2) is 4.79 Å². The summed E-state index contributed by atoms with van der Waals surface area (Å²) in [6.07, 6.45) is 0.417. The molecule has 1 rings (SSSR count). The number of carbonyl (C=O) groups excluding carboxylic acids is 1. The zero-order valence-corrected chi connectivity index (χ0v) is 11.1. The molecule has 0 bridgehead atoms. The Morgan fingerprint density at radius 3 is 2.44 bits per heavy atom. The summed E-state index contributed by atoms with van der Waals surface area (Å²) in [4.78, 5) is 11.5. The number of nitrogens with two attached hydrogens (primary N) is 1. The topological polar surface area (TPSA) is 81.8 Å². The molecule has 0 amide bonds. The van der Waals surface area contributed by atoms with E-state index in [2.05, 4.69) is 4.74 Å². The smallest absolute Gasteiger partial charge is 0.337 e. The number of phenols is 1. The Kier molecular flexibility index (Phi) is 4.19. The highest BCUT2D eigenvalue weighted by Gasteiger charge is 2.20. The molecule has 0 saturated carbocycles. The Labute approximate surface area is 107 Å². The van der Waals surface area contributed by atoms with Crippen LogP contribution in [0.4, 0.5) is 0 Å². The normalized spacial score (nSPS) is 11.2. The van der Waals surface area contributed by atoms with Gasteiger partial charge in [0, 0.05) is 11.1 Å². The molecule has 0 saturated heterocycles. The largest absolute Gasteiger partial charge is 0.504 e. The second-order valence-corrected chi connectivity index (χ2v) is 4.84. The van der Waals surface area contributed by atoms with Crippen LogP contribution >= 0.6 is 0 Å². The van der Waals surface area contributed by atoms with Crippen molar-refractivity contribution in [3.05, 3.63) is 23.3 Å². The second-order valence-electron chi connectivity index (χ2n) is 4.84. The highest BCUT2D eigenvalue weighted by Crippen LogP contribution is 2.33. The Balaban J connectivity index is 3.27. The van der Waals surface area contributed by atoms with Crippen LogP contribution in [0.15, 0.2) is 12.1 Å². The fourth-order valence-electron chi connectivity index (χ4n) is 1.68. The predicted molar refractivity (Wildman–Crippen MR) is 68.0 cm³/mol. The number of benzene rings is 1. The van der Waals surface area contributed by atoms with Gasteiger partial charge in [-0.2, -0.15) is 0 Å². The maximum Gasteiger partial charge on any atom is 0.337 e. The van der Waals surface area contributed by atoms with E-state index in [1.807, 2.05) is 13.8 Å². The quantitative estimate of drug-likeness (QED) is 0.794. The lowest BCUT2D eigenvalue weighted by molar-refractivity contribution is 0.0600. The van der Waals surface area contributed by atoms with E-state index >= 15 is 0 Å². The fraction of sp³-hybridized carbons (Fsp3) is 0.462. The van der Waals surface area contributed by atoms with E-state index in [0.717, 1.165) is 0 Å². The zero-order valence-electron chi connectivity index (χ0n) is 11.1. The van der Waals surface area contributed by atoms with Gasteiger partial charge in [-0.15, -0.1) is 0 Å². The van der Waals surface area contributed by atoms with Crippen molar-refractivity contribution in [3.63, 3.8) is 0 Å². The molecule has 0 unspecified atom stereocenters. The molecule has 0 aliphatic rings. The molecule has 18 heavy (non-hydrogen) atoms. The lowest BCUT2D eigenvalue weighted by Crippen LogP contribution is -2.34. The summed E-state index contributed by atoms with van der Waals surface area (Å²) in [6.45, 7) is 3.67. The van der Waals surface area contributed by atoms with Gasteiger partial charge in [-0.3, -0.25) is 0 Å². The number of carbonyl (C=O) groups is 1. The van der Waals surface area contributed by atoms with Crippen LogP contribution in [0.2, 0.25) is 0 Å². The third kappa shape index (κ3) is 3.37. The number of methoxy groups -OCH3 is 2. The predicted octanol–water partition coefficient (Wildman–Crippen LogP) is 1.47. The third-order valence-electron chi connectivity index (χ3n) is 2.44. The van der Waals surface area contributed by atoms with E-state index in [9.17, 15) is 9.90 Å².